The number of hydrogen-bond acceptors (Lipinski definition) is 4. The molecule has 1 saturated heterocycles. The molecule has 1 aliphatic heterocycles. The van der Waals surface area contributed by atoms with Crippen molar-refractivity contribution in [3.05, 3.63) is 16.4 Å². The van der Waals surface area contributed by atoms with Crippen LogP contribution in [-0.2, 0) is 7.05 Å². The first-order valence-corrected chi connectivity index (χ1v) is 8.26. The summed E-state index contributed by atoms with van der Waals surface area (Å²) in [5.41, 5.74) is 0.558. The number of rotatable bonds is 3. The van der Waals surface area contributed by atoms with Gasteiger partial charge in [-0.1, -0.05) is 0 Å². The fourth-order valence-corrected chi connectivity index (χ4v) is 4.05. The molecule has 2 fully saturated rings. The van der Waals surface area contributed by atoms with Crippen LogP contribution < -0.4 is 5.32 Å². The van der Waals surface area contributed by atoms with Gasteiger partial charge in [0.25, 0.3) is 5.91 Å². The lowest BCUT2D eigenvalue weighted by Crippen LogP contribution is -2.48. The zero-order valence-electron chi connectivity index (χ0n) is 12.1. The summed E-state index contributed by atoms with van der Waals surface area (Å²) in [6.45, 7) is 1.65. The van der Waals surface area contributed by atoms with Gasteiger partial charge >= 0.3 is 0 Å². The molecule has 0 spiro atoms. The number of carbonyl (C=O) groups excluding carboxylic acids is 1. The quantitative estimate of drug-likeness (QED) is 0.844. The lowest BCUT2D eigenvalue weighted by molar-refractivity contribution is 0.0895. The number of aliphatic hydroxyl groups is 1. The van der Waals surface area contributed by atoms with Crippen molar-refractivity contribution in [3.8, 4) is 0 Å². The van der Waals surface area contributed by atoms with E-state index in [1.807, 2.05) is 0 Å². The smallest absolute Gasteiger partial charge is 0.270 e. The van der Waals surface area contributed by atoms with Gasteiger partial charge in [0.15, 0.2) is 0 Å². The van der Waals surface area contributed by atoms with E-state index >= 15 is 0 Å². The summed E-state index contributed by atoms with van der Waals surface area (Å²) in [6.07, 6.45) is 5.47. The standard InChI is InChI=1S/C14H21BrN4O2/c1-18-13(10(15)7-16-18)14(21)17-11-3-2-4-12(11)19-6-5-9(20)8-19/h7,9,11-12,20H,2-6,8H2,1H3,(H,17,21)/t9?,11-,12+/m1/s1. The molecule has 0 aromatic carbocycles. The van der Waals surface area contributed by atoms with Gasteiger partial charge in [-0.2, -0.15) is 5.10 Å². The number of aryl methyl sites for hydroxylation is 1. The molecule has 2 heterocycles. The van der Waals surface area contributed by atoms with E-state index in [-0.39, 0.29) is 18.1 Å². The van der Waals surface area contributed by atoms with Crippen LogP contribution in [0.3, 0.4) is 0 Å². The second kappa shape index (κ2) is 6.06. The number of halogens is 1. The molecular weight excluding hydrogens is 336 g/mol. The molecule has 1 aromatic rings. The Hall–Kier alpha value is -0.920. The zero-order valence-corrected chi connectivity index (χ0v) is 13.7. The maximum absolute atomic E-state index is 12.5. The van der Waals surface area contributed by atoms with Crippen LogP contribution in [0.5, 0.6) is 0 Å². The van der Waals surface area contributed by atoms with Gasteiger partial charge in [0.2, 0.25) is 0 Å². The van der Waals surface area contributed by atoms with E-state index < -0.39 is 0 Å². The van der Waals surface area contributed by atoms with Crippen LogP contribution in [0, 0.1) is 0 Å². The van der Waals surface area contributed by atoms with E-state index in [1.54, 1.807) is 17.9 Å². The van der Waals surface area contributed by atoms with Gasteiger partial charge in [-0.15, -0.1) is 0 Å². The van der Waals surface area contributed by atoms with E-state index in [1.165, 1.54) is 0 Å². The number of aromatic nitrogens is 2. The minimum atomic E-state index is -0.215. The van der Waals surface area contributed by atoms with E-state index in [0.29, 0.717) is 16.2 Å². The number of β-amino-alcohol motifs (C(OH)–C–C–N with tert-alkyl or cyclic N) is 1. The predicted molar refractivity (Wildman–Crippen MR) is 82.0 cm³/mol. The number of hydrogen-bond donors (Lipinski definition) is 2. The predicted octanol–water partition coefficient (Wildman–Crippen LogP) is 0.900. The average Bonchev–Trinajstić information content (AvgIpc) is 3.11. The molecule has 116 valence electrons. The van der Waals surface area contributed by atoms with Crippen molar-refractivity contribution in [2.45, 2.75) is 43.9 Å². The van der Waals surface area contributed by atoms with Crippen LogP contribution in [0.25, 0.3) is 0 Å². The van der Waals surface area contributed by atoms with Crippen molar-refractivity contribution >= 4 is 21.8 Å². The van der Waals surface area contributed by atoms with Crippen molar-refractivity contribution in [1.82, 2.24) is 20.0 Å². The molecule has 1 unspecified atom stereocenters. The molecule has 21 heavy (non-hydrogen) atoms. The third-order valence-corrected chi connectivity index (χ3v) is 5.15. The molecule has 3 atom stereocenters. The molecular formula is C14H21BrN4O2. The molecule has 1 saturated carbocycles. The molecule has 2 aliphatic rings. The maximum atomic E-state index is 12.5. The lowest BCUT2D eigenvalue weighted by Gasteiger charge is -2.29. The number of carbonyl (C=O) groups is 1. The maximum Gasteiger partial charge on any atom is 0.270 e. The summed E-state index contributed by atoms with van der Waals surface area (Å²) < 4.78 is 2.30. The Labute approximate surface area is 132 Å². The molecule has 3 rings (SSSR count). The molecule has 0 radical (unpaired) electrons. The van der Waals surface area contributed by atoms with Crippen molar-refractivity contribution in [2.24, 2.45) is 7.05 Å². The Bertz CT molecular complexity index is 514. The van der Waals surface area contributed by atoms with Crippen LogP contribution >= 0.6 is 15.9 Å². The first-order valence-electron chi connectivity index (χ1n) is 7.46. The van der Waals surface area contributed by atoms with Crippen molar-refractivity contribution < 1.29 is 9.90 Å². The third kappa shape index (κ3) is 3.00. The van der Waals surface area contributed by atoms with Crippen molar-refractivity contribution in [2.75, 3.05) is 13.1 Å². The van der Waals surface area contributed by atoms with Gasteiger partial charge in [-0.3, -0.25) is 14.4 Å². The molecule has 0 bridgehead atoms. The monoisotopic (exact) mass is 356 g/mol. The Morgan fingerprint density at radius 2 is 2.29 bits per heavy atom. The average molecular weight is 357 g/mol. The van der Waals surface area contributed by atoms with E-state index in [4.69, 9.17) is 0 Å². The highest BCUT2D eigenvalue weighted by atomic mass is 79.9. The molecule has 1 amide bonds. The van der Waals surface area contributed by atoms with Gasteiger partial charge in [0.1, 0.15) is 5.69 Å². The van der Waals surface area contributed by atoms with Crippen LogP contribution in [-0.4, -0.2) is 57.0 Å². The minimum absolute atomic E-state index is 0.0847. The Kier molecular flexibility index (Phi) is 4.33. The van der Waals surface area contributed by atoms with Crippen molar-refractivity contribution in [1.29, 1.82) is 0 Å². The Balaban J connectivity index is 1.68. The molecule has 6 nitrogen and oxygen atoms in total. The Morgan fingerprint density at radius 1 is 1.48 bits per heavy atom. The first-order chi connectivity index (χ1) is 10.1. The summed E-state index contributed by atoms with van der Waals surface area (Å²) in [4.78, 5) is 14.8. The van der Waals surface area contributed by atoms with E-state index in [2.05, 4.69) is 31.2 Å². The highest BCUT2D eigenvalue weighted by molar-refractivity contribution is 9.10. The van der Waals surface area contributed by atoms with Gasteiger partial charge in [0.05, 0.1) is 16.8 Å². The number of nitrogens with zero attached hydrogens (tertiary/aromatic N) is 3. The number of likely N-dealkylation sites (tertiary alicyclic amines) is 1. The molecule has 2 N–H and O–H groups in total. The van der Waals surface area contributed by atoms with Crippen LogP contribution in [0.15, 0.2) is 10.7 Å². The topological polar surface area (TPSA) is 70.4 Å². The largest absolute Gasteiger partial charge is 0.392 e. The van der Waals surface area contributed by atoms with Crippen LogP contribution in [0.4, 0.5) is 0 Å². The van der Waals surface area contributed by atoms with Crippen LogP contribution in [0.2, 0.25) is 0 Å². The second-order valence-electron chi connectivity index (χ2n) is 5.98. The van der Waals surface area contributed by atoms with Gasteiger partial charge < -0.3 is 10.4 Å². The Morgan fingerprint density at radius 3 is 2.90 bits per heavy atom. The second-order valence-corrected chi connectivity index (χ2v) is 6.83. The molecule has 1 aliphatic carbocycles. The number of aliphatic hydroxyl groups excluding tert-OH is 1. The minimum Gasteiger partial charge on any atom is -0.392 e. The summed E-state index contributed by atoms with van der Waals surface area (Å²) in [6, 6.07) is 0.503. The molecule has 1 aromatic heterocycles. The summed E-state index contributed by atoms with van der Waals surface area (Å²) in [5.74, 6) is -0.0847. The van der Waals surface area contributed by atoms with Crippen LogP contribution in [0.1, 0.15) is 36.2 Å². The van der Waals surface area contributed by atoms with E-state index in [9.17, 15) is 9.90 Å². The summed E-state index contributed by atoms with van der Waals surface area (Å²) >= 11 is 3.37. The fourth-order valence-electron chi connectivity index (χ4n) is 3.52. The van der Waals surface area contributed by atoms with E-state index in [0.717, 1.165) is 38.8 Å². The molecule has 7 heteroatoms. The highest BCUT2D eigenvalue weighted by Crippen LogP contribution is 2.28. The highest BCUT2D eigenvalue weighted by Gasteiger charge is 2.36. The number of amides is 1. The number of nitrogens with one attached hydrogen (secondary N) is 1. The van der Waals surface area contributed by atoms with Gasteiger partial charge in [-0.05, 0) is 41.6 Å². The zero-order chi connectivity index (χ0) is 15.0. The lowest BCUT2D eigenvalue weighted by atomic mass is 10.1. The summed E-state index contributed by atoms with van der Waals surface area (Å²) in [5, 5.41) is 16.9. The SMILES string of the molecule is Cn1ncc(Br)c1C(=O)N[C@@H]1CCC[C@@H]1N1CCC(O)C1. The normalized spacial score (nSPS) is 30.0. The summed E-state index contributed by atoms with van der Waals surface area (Å²) in [7, 11) is 1.77. The van der Waals surface area contributed by atoms with Crippen molar-refractivity contribution in [3.63, 3.8) is 0 Å². The first kappa shape index (κ1) is 15.0. The fraction of sp³-hybridized carbons (Fsp3) is 0.714. The van der Waals surface area contributed by atoms with Gasteiger partial charge in [-0.25, -0.2) is 0 Å². The third-order valence-electron chi connectivity index (χ3n) is 4.57. The van der Waals surface area contributed by atoms with Gasteiger partial charge in [0, 0.05) is 32.2 Å².